The number of fused-ring (bicyclic) bond motifs is 1. The van der Waals surface area contributed by atoms with Crippen LogP contribution in [0.5, 0.6) is 0 Å². The zero-order chi connectivity index (χ0) is 22.6. The fraction of sp³-hybridized carbons (Fsp3) is 0.103. The first-order valence-corrected chi connectivity index (χ1v) is 11.0. The largest absolute Gasteiger partial charge is 0.343 e. The van der Waals surface area contributed by atoms with Crippen molar-refractivity contribution < 1.29 is 8.78 Å². The molecule has 0 bridgehead atoms. The molecular weight excluding hydrogens is 414 g/mol. The van der Waals surface area contributed by atoms with E-state index in [1.165, 1.54) is 40.8 Å². The van der Waals surface area contributed by atoms with Gasteiger partial charge in [-0.15, -0.1) is 0 Å². The Labute approximate surface area is 192 Å². The summed E-state index contributed by atoms with van der Waals surface area (Å²) in [4.78, 5) is 0. The molecule has 164 valence electrons. The van der Waals surface area contributed by atoms with Gasteiger partial charge in [-0.1, -0.05) is 60.7 Å². The minimum atomic E-state index is -0.237. The lowest BCUT2D eigenvalue weighted by molar-refractivity contribution is 0.625. The Hall–Kier alpha value is -3.76. The average molecular weight is 439 g/mol. The van der Waals surface area contributed by atoms with Gasteiger partial charge >= 0.3 is 0 Å². The third kappa shape index (κ3) is 4.86. The molecule has 33 heavy (non-hydrogen) atoms. The fourth-order valence-corrected chi connectivity index (χ4v) is 4.19. The number of aromatic nitrogens is 1. The second kappa shape index (κ2) is 9.39. The summed E-state index contributed by atoms with van der Waals surface area (Å²) in [6.07, 6.45) is 2.20. The van der Waals surface area contributed by atoms with Gasteiger partial charge in [-0.3, -0.25) is 0 Å². The first kappa shape index (κ1) is 21.1. The first-order chi connectivity index (χ1) is 16.2. The molecule has 0 aliphatic carbocycles. The van der Waals surface area contributed by atoms with Gasteiger partial charge in [0.15, 0.2) is 0 Å². The van der Waals surface area contributed by atoms with Crippen LogP contribution in [0.3, 0.4) is 0 Å². The van der Waals surface area contributed by atoms with Gasteiger partial charge in [0.05, 0.1) is 0 Å². The van der Waals surface area contributed by atoms with E-state index in [1.54, 1.807) is 12.1 Å². The molecule has 1 heterocycles. The van der Waals surface area contributed by atoms with Crippen molar-refractivity contribution in [3.63, 3.8) is 0 Å². The number of hydrogen-bond donors (Lipinski definition) is 1. The Morgan fingerprint density at radius 3 is 2.03 bits per heavy atom. The molecule has 0 radical (unpaired) electrons. The summed E-state index contributed by atoms with van der Waals surface area (Å²) in [7, 11) is 0. The van der Waals surface area contributed by atoms with Crippen LogP contribution in [0.1, 0.15) is 16.7 Å². The van der Waals surface area contributed by atoms with Crippen LogP contribution >= 0.6 is 0 Å². The van der Waals surface area contributed by atoms with E-state index >= 15 is 0 Å². The zero-order valence-electron chi connectivity index (χ0n) is 18.1. The molecule has 0 aliphatic rings. The van der Waals surface area contributed by atoms with E-state index in [0.29, 0.717) is 13.1 Å². The molecule has 2 nitrogen and oxygen atoms in total. The Bertz CT molecular complexity index is 1360. The molecule has 5 aromatic rings. The highest BCUT2D eigenvalue weighted by molar-refractivity contribution is 5.88. The number of rotatable bonds is 7. The maximum absolute atomic E-state index is 13.4. The highest BCUT2D eigenvalue weighted by Crippen LogP contribution is 2.29. The monoisotopic (exact) mass is 438 g/mol. The lowest BCUT2D eigenvalue weighted by Gasteiger charge is -2.07. The highest BCUT2D eigenvalue weighted by Gasteiger charge is 2.11. The molecule has 1 N–H and O–H groups in total. The van der Waals surface area contributed by atoms with Crippen molar-refractivity contribution in [2.45, 2.75) is 19.6 Å². The van der Waals surface area contributed by atoms with E-state index in [9.17, 15) is 8.78 Å². The van der Waals surface area contributed by atoms with Crippen molar-refractivity contribution in [2.24, 2.45) is 0 Å². The molecule has 0 saturated carbocycles. The van der Waals surface area contributed by atoms with E-state index in [4.69, 9.17) is 0 Å². The summed E-state index contributed by atoms with van der Waals surface area (Å²) >= 11 is 0. The quantitative estimate of drug-likeness (QED) is 0.292. The molecule has 0 fully saturated rings. The van der Waals surface area contributed by atoms with Gasteiger partial charge in [0.1, 0.15) is 11.6 Å². The summed E-state index contributed by atoms with van der Waals surface area (Å²) in [5.41, 5.74) is 6.66. The smallest absolute Gasteiger partial charge is 0.123 e. The van der Waals surface area contributed by atoms with Gasteiger partial charge in [0, 0.05) is 36.7 Å². The third-order valence-corrected chi connectivity index (χ3v) is 5.89. The molecular formula is C29H24F2N2. The van der Waals surface area contributed by atoms with E-state index in [-0.39, 0.29) is 11.6 Å². The maximum atomic E-state index is 13.4. The van der Waals surface area contributed by atoms with Crippen LogP contribution in [0.4, 0.5) is 8.78 Å². The molecule has 0 unspecified atom stereocenters. The van der Waals surface area contributed by atoms with E-state index in [0.717, 1.165) is 28.8 Å². The van der Waals surface area contributed by atoms with Crippen LogP contribution < -0.4 is 5.32 Å². The predicted molar refractivity (Wildman–Crippen MR) is 130 cm³/mol. The molecule has 1 aromatic heterocycles. The highest BCUT2D eigenvalue weighted by atomic mass is 19.1. The van der Waals surface area contributed by atoms with Crippen molar-refractivity contribution in [3.05, 3.63) is 132 Å². The van der Waals surface area contributed by atoms with Crippen molar-refractivity contribution in [2.75, 3.05) is 0 Å². The summed E-state index contributed by atoms with van der Waals surface area (Å²) in [5.74, 6) is -0.462. The van der Waals surface area contributed by atoms with Crippen LogP contribution in [0.15, 0.2) is 103 Å². The zero-order valence-corrected chi connectivity index (χ0v) is 18.1. The molecule has 0 aliphatic heterocycles. The number of nitrogens with one attached hydrogen (secondary N) is 1. The summed E-state index contributed by atoms with van der Waals surface area (Å²) in [6.45, 7) is 2.12. The van der Waals surface area contributed by atoms with Crippen molar-refractivity contribution >= 4 is 10.9 Å². The molecule has 0 spiro atoms. The Balaban J connectivity index is 1.46. The van der Waals surface area contributed by atoms with Crippen LogP contribution in [-0.2, 0) is 19.6 Å². The summed E-state index contributed by atoms with van der Waals surface area (Å²) in [6, 6.07) is 30.0. The molecule has 0 amide bonds. The summed E-state index contributed by atoms with van der Waals surface area (Å²) < 4.78 is 28.9. The van der Waals surface area contributed by atoms with Crippen molar-refractivity contribution in [3.8, 4) is 11.1 Å². The molecule has 0 atom stereocenters. The van der Waals surface area contributed by atoms with E-state index in [1.807, 2.05) is 18.2 Å². The predicted octanol–water partition coefficient (Wildman–Crippen LogP) is 6.92. The number of benzene rings is 4. The molecule has 0 saturated heterocycles. The van der Waals surface area contributed by atoms with E-state index in [2.05, 4.69) is 58.5 Å². The normalized spacial score (nSPS) is 11.2. The third-order valence-electron chi connectivity index (χ3n) is 5.89. The Morgan fingerprint density at radius 1 is 0.636 bits per heavy atom. The Kier molecular flexibility index (Phi) is 6.01. The van der Waals surface area contributed by atoms with Crippen molar-refractivity contribution in [1.29, 1.82) is 0 Å². The number of hydrogen-bond acceptors (Lipinski definition) is 1. The molecule has 5 rings (SSSR count). The number of nitrogens with zero attached hydrogens (tertiary/aromatic N) is 1. The fourth-order valence-electron chi connectivity index (χ4n) is 4.19. The molecule has 4 aromatic carbocycles. The lowest BCUT2D eigenvalue weighted by atomic mass is 10.0. The lowest BCUT2D eigenvalue weighted by Crippen LogP contribution is -2.12. The van der Waals surface area contributed by atoms with Crippen LogP contribution in [-0.4, -0.2) is 4.57 Å². The van der Waals surface area contributed by atoms with Gasteiger partial charge in [-0.05, 0) is 64.2 Å². The topological polar surface area (TPSA) is 17.0 Å². The van der Waals surface area contributed by atoms with Crippen LogP contribution in [0.2, 0.25) is 0 Å². The summed E-state index contributed by atoms with van der Waals surface area (Å²) in [5, 5.41) is 4.65. The van der Waals surface area contributed by atoms with Crippen molar-refractivity contribution in [1.82, 2.24) is 9.88 Å². The van der Waals surface area contributed by atoms with Gasteiger partial charge in [0.2, 0.25) is 0 Å². The second-order valence-electron chi connectivity index (χ2n) is 8.24. The van der Waals surface area contributed by atoms with E-state index < -0.39 is 0 Å². The van der Waals surface area contributed by atoms with Crippen LogP contribution in [0, 0.1) is 11.6 Å². The van der Waals surface area contributed by atoms with Gasteiger partial charge in [-0.2, -0.15) is 0 Å². The van der Waals surface area contributed by atoms with Gasteiger partial charge < -0.3 is 9.88 Å². The van der Waals surface area contributed by atoms with Gasteiger partial charge in [0.25, 0.3) is 0 Å². The second-order valence-corrected chi connectivity index (χ2v) is 8.24. The SMILES string of the molecule is Fc1ccc(CNCc2cn(Cc3ccccc3)c3ccc(-c4ccc(F)cc4)cc23)cc1. The van der Waals surface area contributed by atoms with Crippen LogP contribution in [0.25, 0.3) is 22.0 Å². The molecule has 4 heteroatoms. The number of halogens is 2. The first-order valence-electron chi connectivity index (χ1n) is 11.0. The van der Waals surface area contributed by atoms with Gasteiger partial charge in [-0.25, -0.2) is 8.78 Å². The standard InChI is InChI=1S/C29H24F2N2/c30-26-11-6-21(7-12-26)17-32-18-25-20-33(19-22-4-2-1-3-5-22)29-15-10-24(16-28(25)29)23-8-13-27(31)14-9-23/h1-16,20,32H,17-19H2. The Morgan fingerprint density at radius 2 is 1.30 bits per heavy atom. The minimum absolute atomic E-state index is 0.226. The average Bonchev–Trinajstić information content (AvgIpc) is 3.18. The maximum Gasteiger partial charge on any atom is 0.123 e. The minimum Gasteiger partial charge on any atom is -0.343 e.